The van der Waals surface area contributed by atoms with E-state index < -0.39 is 11.9 Å². The number of esters is 1. The zero-order valence-electron chi connectivity index (χ0n) is 7.00. The van der Waals surface area contributed by atoms with Crippen LogP contribution in [0, 0.1) is 0 Å². The Morgan fingerprint density at radius 3 is 2.42 bits per heavy atom. The summed E-state index contributed by atoms with van der Waals surface area (Å²) < 4.78 is 4.60. The molecule has 0 aliphatic rings. The standard InChI is InChI=1S/C8H12O4/c1-3-12-8(11)6(2)4-5-7(9)10/h2-5H2,1H3,(H,9,10). The SMILES string of the molecule is C=C(CCC(=O)O)C(=O)OCC. The predicted octanol–water partition coefficient (Wildman–Crippen LogP) is 0.970. The molecule has 0 rings (SSSR count). The number of carbonyl (C=O) groups excluding carboxylic acids is 1. The molecule has 0 bridgehead atoms. The van der Waals surface area contributed by atoms with Gasteiger partial charge in [0, 0.05) is 12.0 Å². The van der Waals surface area contributed by atoms with Gasteiger partial charge in [-0.25, -0.2) is 4.79 Å². The van der Waals surface area contributed by atoms with Crippen molar-refractivity contribution in [3.8, 4) is 0 Å². The van der Waals surface area contributed by atoms with Gasteiger partial charge in [0.2, 0.25) is 0 Å². The fourth-order valence-corrected chi connectivity index (χ4v) is 0.593. The highest BCUT2D eigenvalue weighted by Gasteiger charge is 2.08. The molecule has 0 aliphatic carbocycles. The normalized spacial score (nSPS) is 9.08. The van der Waals surface area contributed by atoms with Crippen molar-refractivity contribution >= 4 is 11.9 Å². The summed E-state index contributed by atoms with van der Waals surface area (Å²) in [7, 11) is 0. The number of aliphatic carboxylic acids is 1. The summed E-state index contributed by atoms with van der Waals surface area (Å²) in [4.78, 5) is 20.9. The Hall–Kier alpha value is -1.32. The number of ether oxygens (including phenoxy) is 1. The average molecular weight is 172 g/mol. The highest BCUT2D eigenvalue weighted by atomic mass is 16.5. The van der Waals surface area contributed by atoms with Crippen LogP contribution in [0.2, 0.25) is 0 Å². The number of carboxylic acid groups (broad SMARTS) is 1. The summed E-state index contributed by atoms with van der Waals surface area (Å²) in [6.45, 7) is 5.37. The molecule has 0 saturated heterocycles. The van der Waals surface area contributed by atoms with Crippen LogP contribution >= 0.6 is 0 Å². The van der Waals surface area contributed by atoms with Crippen LogP contribution in [-0.2, 0) is 14.3 Å². The van der Waals surface area contributed by atoms with Crippen molar-refractivity contribution in [2.75, 3.05) is 6.61 Å². The van der Waals surface area contributed by atoms with E-state index in [0.717, 1.165) is 0 Å². The maximum absolute atomic E-state index is 10.8. The Balaban J connectivity index is 3.72. The molecule has 0 aromatic carbocycles. The van der Waals surface area contributed by atoms with Crippen molar-refractivity contribution in [1.29, 1.82) is 0 Å². The van der Waals surface area contributed by atoms with Gasteiger partial charge in [0.05, 0.1) is 6.61 Å². The van der Waals surface area contributed by atoms with E-state index in [9.17, 15) is 9.59 Å². The molecule has 4 heteroatoms. The van der Waals surface area contributed by atoms with Gasteiger partial charge in [-0.05, 0) is 13.3 Å². The quantitative estimate of drug-likeness (QED) is 0.495. The van der Waals surface area contributed by atoms with Crippen LogP contribution in [-0.4, -0.2) is 23.7 Å². The van der Waals surface area contributed by atoms with Crippen molar-refractivity contribution in [1.82, 2.24) is 0 Å². The molecule has 68 valence electrons. The van der Waals surface area contributed by atoms with E-state index >= 15 is 0 Å². The van der Waals surface area contributed by atoms with Crippen LogP contribution in [0.4, 0.5) is 0 Å². The molecule has 0 fully saturated rings. The highest BCUT2D eigenvalue weighted by Crippen LogP contribution is 2.04. The summed E-state index contributed by atoms with van der Waals surface area (Å²) in [5.74, 6) is -1.46. The van der Waals surface area contributed by atoms with Crippen LogP contribution in [0.3, 0.4) is 0 Å². The second kappa shape index (κ2) is 5.35. The third-order valence-electron chi connectivity index (χ3n) is 1.20. The zero-order chi connectivity index (χ0) is 9.56. The number of hydrogen-bond donors (Lipinski definition) is 1. The van der Waals surface area contributed by atoms with Crippen LogP contribution in [0.1, 0.15) is 19.8 Å². The molecule has 0 saturated carbocycles. The molecule has 0 radical (unpaired) electrons. The fourth-order valence-electron chi connectivity index (χ4n) is 0.593. The first-order chi connectivity index (χ1) is 5.57. The summed E-state index contributed by atoms with van der Waals surface area (Å²) in [5.41, 5.74) is 0.208. The molecule has 0 heterocycles. The van der Waals surface area contributed by atoms with Crippen LogP contribution in [0.15, 0.2) is 12.2 Å². The first-order valence-electron chi connectivity index (χ1n) is 3.64. The molecule has 0 aromatic heterocycles. The Labute approximate surface area is 70.8 Å². The number of carbonyl (C=O) groups is 2. The molecule has 0 amide bonds. The Kier molecular flexibility index (Phi) is 4.76. The van der Waals surface area contributed by atoms with E-state index in [-0.39, 0.29) is 25.0 Å². The largest absolute Gasteiger partial charge is 0.481 e. The van der Waals surface area contributed by atoms with Crippen molar-refractivity contribution in [2.24, 2.45) is 0 Å². The van der Waals surface area contributed by atoms with E-state index in [4.69, 9.17) is 5.11 Å². The van der Waals surface area contributed by atoms with Crippen LogP contribution < -0.4 is 0 Å². The van der Waals surface area contributed by atoms with Crippen molar-refractivity contribution in [3.05, 3.63) is 12.2 Å². The summed E-state index contributed by atoms with van der Waals surface area (Å²) in [5, 5.41) is 8.28. The first-order valence-corrected chi connectivity index (χ1v) is 3.64. The van der Waals surface area contributed by atoms with Gasteiger partial charge in [0.1, 0.15) is 0 Å². The molecule has 0 spiro atoms. The number of hydrogen-bond acceptors (Lipinski definition) is 3. The van der Waals surface area contributed by atoms with Crippen LogP contribution in [0.25, 0.3) is 0 Å². The third-order valence-corrected chi connectivity index (χ3v) is 1.20. The monoisotopic (exact) mass is 172 g/mol. The molecular weight excluding hydrogens is 160 g/mol. The van der Waals surface area contributed by atoms with E-state index in [0.29, 0.717) is 0 Å². The fraction of sp³-hybridized carbons (Fsp3) is 0.500. The highest BCUT2D eigenvalue weighted by molar-refractivity contribution is 5.88. The van der Waals surface area contributed by atoms with Gasteiger partial charge < -0.3 is 9.84 Å². The lowest BCUT2D eigenvalue weighted by atomic mass is 10.2. The van der Waals surface area contributed by atoms with Gasteiger partial charge in [-0.2, -0.15) is 0 Å². The lowest BCUT2D eigenvalue weighted by Crippen LogP contribution is -2.08. The molecule has 12 heavy (non-hydrogen) atoms. The second-order valence-corrected chi connectivity index (χ2v) is 2.22. The molecule has 0 atom stereocenters. The van der Waals surface area contributed by atoms with Crippen molar-refractivity contribution in [3.63, 3.8) is 0 Å². The topological polar surface area (TPSA) is 63.6 Å². The Bertz CT molecular complexity index is 195. The summed E-state index contributed by atoms with van der Waals surface area (Å²) in [6, 6.07) is 0. The lowest BCUT2D eigenvalue weighted by molar-refractivity contribution is -0.139. The molecule has 0 aromatic rings. The van der Waals surface area contributed by atoms with E-state index in [1.165, 1.54) is 0 Å². The summed E-state index contributed by atoms with van der Waals surface area (Å²) in [6.07, 6.45) is 0.0613. The van der Waals surface area contributed by atoms with Gasteiger partial charge in [-0.1, -0.05) is 6.58 Å². The molecular formula is C8H12O4. The minimum atomic E-state index is -0.944. The molecule has 1 N–H and O–H groups in total. The van der Waals surface area contributed by atoms with Gasteiger partial charge in [0.15, 0.2) is 0 Å². The van der Waals surface area contributed by atoms with Gasteiger partial charge in [-0.15, -0.1) is 0 Å². The maximum atomic E-state index is 10.8. The number of carboxylic acids is 1. The van der Waals surface area contributed by atoms with Gasteiger partial charge in [-0.3, -0.25) is 4.79 Å². The minimum absolute atomic E-state index is 0.0857. The Morgan fingerprint density at radius 1 is 1.42 bits per heavy atom. The van der Waals surface area contributed by atoms with E-state index in [1.54, 1.807) is 6.92 Å². The third kappa shape index (κ3) is 4.49. The molecule has 0 aliphatic heterocycles. The first kappa shape index (κ1) is 10.7. The predicted molar refractivity (Wildman–Crippen MR) is 42.6 cm³/mol. The van der Waals surface area contributed by atoms with Crippen molar-refractivity contribution < 1.29 is 19.4 Å². The smallest absolute Gasteiger partial charge is 0.333 e. The minimum Gasteiger partial charge on any atom is -0.481 e. The zero-order valence-corrected chi connectivity index (χ0v) is 7.00. The van der Waals surface area contributed by atoms with Gasteiger partial charge in [0.25, 0.3) is 0 Å². The molecule has 0 unspecified atom stereocenters. The summed E-state index contributed by atoms with van der Waals surface area (Å²) >= 11 is 0. The number of rotatable bonds is 5. The maximum Gasteiger partial charge on any atom is 0.333 e. The second-order valence-electron chi connectivity index (χ2n) is 2.22. The lowest BCUT2D eigenvalue weighted by Gasteiger charge is -2.02. The van der Waals surface area contributed by atoms with E-state index in [1.807, 2.05) is 0 Å². The van der Waals surface area contributed by atoms with E-state index in [2.05, 4.69) is 11.3 Å². The van der Waals surface area contributed by atoms with Gasteiger partial charge >= 0.3 is 11.9 Å². The van der Waals surface area contributed by atoms with Crippen LogP contribution in [0.5, 0.6) is 0 Å². The average Bonchev–Trinajstić information content (AvgIpc) is 2.00. The molecule has 4 nitrogen and oxygen atoms in total. The van der Waals surface area contributed by atoms with Crippen molar-refractivity contribution in [2.45, 2.75) is 19.8 Å². The Morgan fingerprint density at radius 2 is 2.00 bits per heavy atom.